The van der Waals surface area contributed by atoms with Crippen molar-refractivity contribution in [1.29, 1.82) is 0 Å². The Balaban J connectivity index is 1.63. The second kappa shape index (κ2) is 8.13. The Bertz CT molecular complexity index is 508. The van der Waals surface area contributed by atoms with Crippen LogP contribution in [0.2, 0.25) is 5.02 Å². The number of nitrogens with one attached hydrogen (secondary N) is 1. The van der Waals surface area contributed by atoms with Gasteiger partial charge in [0.1, 0.15) is 0 Å². The lowest BCUT2D eigenvalue weighted by Crippen LogP contribution is -2.40. The molecule has 126 valence electrons. The van der Waals surface area contributed by atoms with Crippen molar-refractivity contribution >= 4 is 17.5 Å². The van der Waals surface area contributed by atoms with E-state index < -0.39 is 0 Å². The molecule has 0 spiro atoms. The number of nitrogens with zero attached hydrogens (tertiary/aromatic N) is 1. The van der Waals surface area contributed by atoms with Crippen molar-refractivity contribution in [1.82, 2.24) is 10.2 Å². The molecule has 3 rings (SSSR count). The molecule has 2 heterocycles. The summed E-state index contributed by atoms with van der Waals surface area (Å²) in [5.74, 6) is 0.277. The molecule has 1 atom stereocenters. The Morgan fingerprint density at radius 3 is 2.52 bits per heavy atom. The lowest BCUT2D eigenvalue weighted by molar-refractivity contribution is -0.128. The molecule has 1 amide bonds. The Hall–Kier alpha value is -1.10. The van der Waals surface area contributed by atoms with Gasteiger partial charge in [0.2, 0.25) is 5.91 Å². The number of halogens is 1. The Labute approximate surface area is 143 Å². The maximum atomic E-state index is 12.4. The van der Waals surface area contributed by atoms with Crippen LogP contribution < -0.4 is 5.32 Å². The first-order valence-electron chi connectivity index (χ1n) is 8.59. The summed E-state index contributed by atoms with van der Waals surface area (Å²) in [6, 6.07) is 8.25. The summed E-state index contributed by atoms with van der Waals surface area (Å²) in [4.78, 5) is 14.9. The van der Waals surface area contributed by atoms with Crippen LogP contribution in [0.25, 0.3) is 0 Å². The van der Waals surface area contributed by atoms with Gasteiger partial charge in [0.15, 0.2) is 0 Å². The molecular weight excluding hydrogens is 312 g/mol. The van der Waals surface area contributed by atoms with E-state index in [4.69, 9.17) is 16.3 Å². The number of ether oxygens (including phenoxy) is 1. The third-order valence-electron chi connectivity index (χ3n) is 4.90. The smallest absolute Gasteiger partial charge is 0.223 e. The molecule has 0 bridgehead atoms. The zero-order valence-corrected chi connectivity index (χ0v) is 14.2. The van der Waals surface area contributed by atoms with Gasteiger partial charge in [-0.1, -0.05) is 23.7 Å². The van der Waals surface area contributed by atoms with E-state index in [9.17, 15) is 4.79 Å². The molecule has 2 aliphatic rings. The van der Waals surface area contributed by atoms with Gasteiger partial charge < -0.3 is 10.1 Å². The molecule has 1 aromatic carbocycles. The Kier molecular flexibility index (Phi) is 5.92. The highest BCUT2D eigenvalue weighted by Crippen LogP contribution is 2.26. The molecule has 0 unspecified atom stereocenters. The van der Waals surface area contributed by atoms with Crippen LogP contribution in [0.5, 0.6) is 0 Å². The number of hydrogen-bond acceptors (Lipinski definition) is 3. The van der Waals surface area contributed by atoms with Gasteiger partial charge in [-0.15, -0.1) is 0 Å². The molecule has 2 aliphatic heterocycles. The normalized spacial score (nSPS) is 21.3. The fraction of sp³-hybridized carbons (Fsp3) is 0.611. The van der Waals surface area contributed by atoms with Crippen molar-refractivity contribution in [2.24, 2.45) is 5.92 Å². The minimum Gasteiger partial charge on any atom is -0.381 e. The highest BCUT2D eigenvalue weighted by molar-refractivity contribution is 6.30. The fourth-order valence-electron chi connectivity index (χ4n) is 3.50. The monoisotopic (exact) mass is 336 g/mol. The molecular formula is C18H25ClN2O2. The van der Waals surface area contributed by atoms with Crippen molar-refractivity contribution < 1.29 is 9.53 Å². The van der Waals surface area contributed by atoms with Crippen molar-refractivity contribution in [2.45, 2.75) is 31.7 Å². The average Bonchev–Trinajstić information content (AvgIpc) is 3.11. The second-order valence-electron chi connectivity index (χ2n) is 6.44. The lowest BCUT2D eigenvalue weighted by Gasteiger charge is -2.29. The zero-order chi connectivity index (χ0) is 16.1. The summed E-state index contributed by atoms with van der Waals surface area (Å²) in [5.41, 5.74) is 1.23. The lowest BCUT2D eigenvalue weighted by atomic mass is 9.99. The largest absolute Gasteiger partial charge is 0.381 e. The van der Waals surface area contributed by atoms with E-state index in [1.165, 1.54) is 18.4 Å². The van der Waals surface area contributed by atoms with Crippen LogP contribution >= 0.6 is 11.6 Å². The topological polar surface area (TPSA) is 41.6 Å². The molecule has 23 heavy (non-hydrogen) atoms. The number of amides is 1. The van der Waals surface area contributed by atoms with Gasteiger partial charge in [0.05, 0.1) is 6.04 Å². The summed E-state index contributed by atoms with van der Waals surface area (Å²) in [5, 5.41) is 3.92. The first-order valence-corrected chi connectivity index (χ1v) is 8.97. The van der Waals surface area contributed by atoms with E-state index in [1.54, 1.807) is 0 Å². The van der Waals surface area contributed by atoms with Crippen LogP contribution in [0, 0.1) is 5.92 Å². The van der Waals surface area contributed by atoms with Gasteiger partial charge in [0, 0.05) is 30.7 Å². The van der Waals surface area contributed by atoms with E-state index in [0.29, 0.717) is 19.8 Å². The van der Waals surface area contributed by atoms with Gasteiger partial charge in [-0.05, 0) is 56.5 Å². The van der Waals surface area contributed by atoms with Gasteiger partial charge in [-0.3, -0.25) is 9.69 Å². The molecule has 0 radical (unpaired) electrons. The van der Waals surface area contributed by atoms with E-state index in [-0.39, 0.29) is 17.9 Å². The summed E-state index contributed by atoms with van der Waals surface area (Å²) in [6.45, 7) is 4.26. The second-order valence-corrected chi connectivity index (χ2v) is 6.88. The third kappa shape index (κ3) is 4.46. The van der Waals surface area contributed by atoms with Crippen molar-refractivity contribution in [3.8, 4) is 0 Å². The minimum atomic E-state index is 0.105. The van der Waals surface area contributed by atoms with Gasteiger partial charge in [0.25, 0.3) is 0 Å². The average molecular weight is 337 g/mol. The maximum absolute atomic E-state index is 12.4. The van der Waals surface area contributed by atoms with Crippen LogP contribution in [0.1, 0.15) is 37.3 Å². The van der Waals surface area contributed by atoms with Crippen molar-refractivity contribution in [3.05, 3.63) is 34.9 Å². The van der Waals surface area contributed by atoms with Crippen molar-refractivity contribution in [3.63, 3.8) is 0 Å². The van der Waals surface area contributed by atoms with Crippen LogP contribution in [-0.4, -0.2) is 43.7 Å². The van der Waals surface area contributed by atoms with E-state index in [1.807, 2.05) is 12.1 Å². The number of hydrogen-bond donors (Lipinski definition) is 1. The highest BCUT2D eigenvalue weighted by Gasteiger charge is 2.26. The van der Waals surface area contributed by atoms with E-state index in [0.717, 1.165) is 31.0 Å². The molecule has 5 heteroatoms. The molecule has 2 saturated heterocycles. The Morgan fingerprint density at radius 2 is 1.87 bits per heavy atom. The molecule has 0 aliphatic carbocycles. The zero-order valence-electron chi connectivity index (χ0n) is 13.5. The van der Waals surface area contributed by atoms with Gasteiger partial charge >= 0.3 is 0 Å². The van der Waals surface area contributed by atoms with Crippen LogP contribution in [0.15, 0.2) is 24.3 Å². The van der Waals surface area contributed by atoms with E-state index in [2.05, 4.69) is 22.3 Å². The molecule has 2 fully saturated rings. The predicted molar refractivity (Wildman–Crippen MR) is 91.6 cm³/mol. The third-order valence-corrected chi connectivity index (χ3v) is 5.15. The predicted octanol–water partition coefficient (Wildman–Crippen LogP) is 3.02. The summed E-state index contributed by atoms with van der Waals surface area (Å²) in [6.07, 6.45) is 4.14. The number of carbonyl (C=O) groups excluding carboxylic acids is 1. The van der Waals surface area contributed by atoms with Gasteiger partial charge in [-0.25, -0.2) is 0 Å². The van der Waals surface area contributed by atoms with Crippen LogP contribution in [0.4, 0.5) is 0 Å². The van der Waals surface area contributed by atoms with E-state index >= 15 is 0 Å². The maximum Gasteiger partial charge on any atom is 0.223 e. The Morgan fingerprint density at radius 1 is 1.22 bits per heavy atom. The first-order chi connectivity index (χ1) is 11.2. The molecule has 0 aromatic heterocycles. The minimum absolute atomic E-state index is 0.105. The molecule has 1 N–H and O–H groups in total. The number of benzene rings is 1. The standard InChI is InChI=1S/C18H25ClN2O2/c19-16-5-3-14(4-6-16)17(21-9-1-2-10-21)13-20-18(22)15-7-11-23-12-8-15/h3-6,15,17H,1-2,7-13H2,(H,20,22)/t17-/m1/s1. The summed E-state index contributed by atoms with van der Waals surface area (Å²) >= 11 is 6.01. The van der Waals surface area contributed by atoms with Gasteiger partial charge in [-0.2, -0.15) is 0 Å². The first kappa shape index (κ1) is 16.7. The SMILES string of the molecule is O=C(NC[C@H](c1ccc(Cl)cc1)N1CCCC1)C1CCOCC1. The summed E-state index contributed by atoms with van der Waals surface area (Å²) in [7, 11) is 0. The molecule has 4 nitrogen and oxygen atoms in total. The fourth-order valence-corrected chi connectivity index (χ4v) is 3.62. The highest BCUT2D eigenvalue weighted by atomic mass is 35.5. The van der Waals surface area contributed by atoms with Crippen LogP contribution in [-0.2, 0) is 9.53 Å². The quantitative estimate of drug-likeness (QED) is 0.898. The van der Waals surface area contributed by atoms with Crippen molar-refractivity contribution in [2.75, 3.05) is 32.8 Å². The molecule has 0 saturated carbocycles. The number of likely N-dealkylation sites (tertiary alicyclic amines) is 1. The number of rotatable bonds is 5. The number of carbonyl (C=O) groups is 1. The summed E-state index contributed by atoms with van der Waals surface area (Å²) < 4.78 is 5.34. The van der Waals surface area contributed by atoms with Crippen LogP contribution in [0.3, 0.4) is 0 Å². The molecule has 1 aromatic rings.